The van der Waals surface area contributed by atoms with Crippen molar-refractivity contribution in [2.75, 3.05) is 31.1 Å². The van der Waals surface area contributed by atoms with Gasteiger partial charge in [-0.2, -0.15) is 10.5 Å². The van der Waals surface area contributed by atoms with Crippen LogP contribution in [0.25, 0.3) is 16.7 Å². The maximum absolute atomic E-state index is 12.1. The molecule has 2 aliphatic rings. The van der Waals surface area contributed by atoms with E-state index in [-0.39, 0.29) is 24.9 Å². The molecule has 2 atom stereocenters. The number of carbonyl (C=O) groups is 2. The summed E-state index contributed by atoms with van der Waals surface area (Å²) in [5, 5.41) is 18.6. The molecule has 3 aromatic rings. The Morgan fingerprint density at radius 2 is 1.85 bits per heavy atom. The molecule has 1 aliphatic carbocycles. The van der Waals surface area contributed by atoms with Crippen LogP contribution in [0.3, 0.4) is 0 Å². The number of hydrogen-bond acceptors (Lipinski definition) is 8. The summed E-state index contributed by atoms with van der Waals surface area (Å²) in [6.07, 6.45) is 7.55. The molecule has 1 saturated heterocycles. The third-order valence-corrected chi connectivity index (χ3v) is 7.65. The van der Waals surface area contributed by atoms with Crippen molar-refractivity contribution in [3.05, 3.63) is 48.5 Å². The van der Waals surface area contributed by atoms with Gasteiger partial charge in [0.1, 0.15) is 24.8 Å². The molecule has 1 saturated carbocycles. The molecular formula is C31H31N7O3. The lowest BCUT2D eigenvalue weighted by atomic mass is 9.85. The molecule has 0 bridgehead atoms. The van der Waals surface area contributed by atoms with Crippen molar-refractivity contribution in [2.45, 2.75) is 51.0 Å². The minimum absolute atomic E-state index is 0.0773. The molecule has 1 aromatic carbocycles. The van der Waals surface area contributed by atoms with Crippen LogP contribution in [0.5, 0.6) is 0 Å². The second-order valence-electron chi connectivity index (χ2n) is 10.3. The summed E-state index contributed by atoms with van der Waals surface area (Å²) in [5.74, 6) is 7.27. The predicted octanol–water partition coefficient (Wildman–Crippen LogP) is 3.74. The van der Waals surface area contributed by atoms with Crippen molar-refractivity contribution in [3.8, 4) is 29.8 Å². The smallest absolute Gasteiger partial charge is 0.320 e. The predicted molar refractivity (Wildman–Crippen MR) is 151 cm³/mol. The van der Waals surface area contributed by atoms with Crippen LogP contribution in [0, 0.1) is 40.4 Å². The van der Waals surface area contributed by atoms with Crippen LogP contribution < -0.4 is 4.90 Å². The van der Waals surface area contributed by atoms with Gasteiger partial charge in [-0.3, -0.25) is 9.59 Å². The van der Waals surface area contributed by atoms with Gasteiger partial charge in [0, 0.05) is 56.1 Å². The second-order valence-corrected chi connectivity index (χ2v) is 10.3. The Balaban J connectivity index is 1.25. The highest BCUT2D eigenvalue weighted by molar-refractivity contribution is 5.94. The van der Waals surface area contributed by atoms with Gasteiger partial charge in [0.05, 0.1) is 17.7 Å². The summed E-state index contributed by atoms with van der Waals surface area (Å²) >= 11 is 0. The maximum atomic E-state index is 12.1. The minimum atomic E-state index is -0.454. The van der Waals surface area contributed by atoms with Gasteiger partial charge in [0.15, 0.2) is 0 Å². The zero-order valence-electron chi connectivity index (χ0n) is 22.8. The fraction of sp³-hybridized carbons (Fsp3) is 0.419. The van der Waals surface area contributed by atoms with Crippen molar-refractivity contribution in [1.82, 2.24) is 19.4 Å². The van der Waals surface area contributed by atoms with Gasteiger partial charge in [0.2, 0.25) is 11.7 Å². The summed E-state index contributed by atoms with van der Waals surface area (Å²) in [6, 6.07) is 13.9. The Morgan fingerprint density at radius 1 is 1.02 bits per heavy atom. The summed E-state index contributed by atoms with van der Waals surface area (Å²) in [7, 11) is 0. The number of esters is 1. The minimum Gasteiger partial charge on any atom is -0.462 e. The Labute approximate surface area is 239 Å². The van der Waals surface area contributed by atoms with Gasteiger partial charge in [-0.15, -0.1) is 0 Å². The standard InChI is InChI=1S/C31H31N7O3/c32-14-10-30(39)37-20-18-36(19-21-37)26-7-3-8-27-25(26)13-17-38(27)29-12-16-34-28(35-29)9-2-5-23-4-1-6-24(22-23)41-31(40)11-15-33/h3,7-8,12-13,16-17,23-24H,1,4-6,10-11,18-22H2/t23-,24+/m1/s1. The first-order chi connectivity index (χ1) is 20.1. The lowest BCUT2D eigenvalue weighted by Gasteiger charge is -2.36. The highest BCUT2D eigenvalue weighted by atomic mass is 16.5. The van der Waals surface area contributed by atoms with Crippen molar-refractivity contribution in [2.24, 2.45) is 5.92 Å². The van der Waals surface area contributed by atoms with Crippen molar-refractivity contribution >= 4 is 28.5 Å². The normalized spacial score (nSPS) is 18.6. The van der Waals surface area contributed by atoms with Crippen LogP contribution >= 0.6 is 0 Å². The Morgan fingerprint density at radius 3 is 2.66 bits per heavy atom. The number of rotatable bonds is 6. The van der Waals surface area contributed by atoms with Crippen LogP contribution in [0.1, 0.15) is 50.8 Å². The van der Waals surface area contributed by atoms with E-state index >= 15 is 0 Å². The van der Waals surface area contributed by atoms with E-state index < -0.39 is 5.97 Å². The first-order valence-electron chi connectivity index (χ1n) is 13.9. The molecule has 0 unspecified atom stereocenters. The molecule has 0 N–H and O–H groups in total. The molecule has 10 nitrogen and oxygen atoms in total. The molecule has 1 aliphatic heterocycles. The van der Waals surface area contributed by atoms with E-state index in [0.717, 1.165) is 48.1 Å². The zero-order chi connectivity index (χ0) is 28.6. The number of nitrogens with zero attached hydrogens (tertiary/aromatic N) is 7. The van der Waals surface area contributed by atoms with Crippen LogP contribution in [0.15, 0.2) is 42.7 Å². The largest absolute Gasteiger partial charge is 0.462 e. The first kappa shape index (κ1) is 27.7. The Hall–Kier alpha value is -4.88. The molecule has 1 amide bonds. The van der Waals surface area contributed by atoms with Gasteiger partial charge in [0.25, 0.3) is 0 Å². The number of piperazine rings is 1. The SMILES string of the molecule is N#CCC(=O)O[C@H]1CCC[C@H](CC#Cc2nccc(-n3ccc4c(N5CCN(C(=O)CC#N)CC5)cccc43)n2)C1. The molecule has 3 heterocycles. The number of fused-ring (bicyclic) bond motifs is 1. The van der Waals surface area contributed by atoms with E-state index in [1.54, 1.807) is 11.1 Å². The molecule has 0 spiro atoms. The highest BCUT2D eigenvalue weighted by Gasteiger charge is 2.25. The van der Waals surface area contributed by atoms with Crippen molar-refractivity contribution in [3.63, 3.8) is 0 Å². The molecule has 2 fully saturated rings. The lowest BCUT2D eigenvalue weighted by Crippen LogP contribution is -2.48. The van der Waals surface area contributed by atoms with Crippen LogP contribution in [0.2, 0.25) is 0 Å². The number of aromatic nitrogens is 3. The second kappa shape index (κ2) is 13.0. The number of nitriles is 2. The Kier molecular flexibility index (Phi) is 8.76. The van der Waals surface area contributed by atoms with Gasteiger partial charge in [-0.1, -0.05) is 12.0 Å². The molecule has 5 rings (SSSR count). The topological polar surface area (TPSA) is 128 Å². The number of carbonyl (C=O) groups excluding carboxylic acids is 2. The van der Waals surface area contributed by atoms with Crippen molar-refractivity contribution in [1.29, 1.82) is 10.5 Å². The van der Waals surface area contributed by atoms with Gasteiger partial charge in [-0.05, 0) is 61.8 Å². The maximum Gasteiger partial charge on any atom is 0.320 e. The van der Waals surface area contributed by atoms with E-state index in [1.165, 1.54) is 0 Å². The third-order valence-electron chi connectivity index (χ3n) is 7.65. The molecular weight excluding hydrogens is 518 g/mol. The number of benzene rings is 1. The highest BCUT2D eigenvalue weighted by Crippen LogP contribution is 2.31. The third kappa shape index (κ3) is 6.65. The molecule has 2 aromatic heterocycles. The first-order valence-corrected chi connectivity index (χ1v) is 13.9. The number of amides is 1. The number of anilines is 1. The average molecular weight is 550 g/mol. The molecule has 41 heavy (non-hydrogen) atoms. The molecule has 0 radical (unpaired) electrons. The van der Waals surface area contributed by atoms with Gasteiger partial charge < -0.3 is 19.1 Å². The van der Waals surface area contributed by atoms with Crippen LogP contribution in [0.4, 0.5) is 5.69 Å². The van der Waals surface area contributed by atoms with Crippen molar-refractivity contribution < 1.29 is 14.3 Å². The molecule has 208 valence electrons. The summed E-state index contributed by atoms with van der Waals surface area (Å²) < 4.78 is 7.45. The average Bonchev–Trinajstić information content (AvgIpc) is 3.42. The molecule has 10 heteroatoms. The van der Waals surface area contributed by atoms with Crippen LogP contribution in [-0.2, 0) is 14.3 Å². The number of hydrogen-bond donors (Lipinski definition) is 0. The van der Waals surface area contributed by atoms with E-state index in [0.29, 0.717) is 44.3 Å². The van der Waals surface area contributed by atoms with Gasteiger partial charge in [-0.25, -0.2) is 9.97 Å². The summed E-state index contributed by atoms with van der Waals surface area (Å²) in [5.41, 5.74) is 2.12. The Bertz CT molecular complexity index is 1560. The summed E-state index contributed by atoms with van der Waals surface area (Å²) in [4.78, 5) is 36.9. The lowest BCUT2D eigenvalue weighted by molar-refractivity contribution is -0.150. The fourth-order valence-corrected chi connectivity index (χ4v) is 5.65. The number of ether oxygens (including phenoxy) is 1. The van der Waals surface area contributed by atoms with Gasteiger partial charge >= 0.3 is 5.97 Å². The zero-order valence-corrected chi connectivity index (χ0v) is 22.8. The monoisotopic (exact) mass is 549 g/mol. The van der Waals surface area contributed by atoms with E-state index in [4.69, 9.17) is 20.2 Å². The van der Waals surface area contributed by atoms with E-state index in [9.17, 15) is 9.59 Å². The van der Waals surface area contributed by atoms with E-state index in [1.807, 2.05) is 35.0 Å². The van der Waals surface area contributed by atoms with Crippen LogP contribution in [-0.4, -0.2) is 63.6 Å². The summed E-state index contributed by atoms with van der Waals surface area (Å²) in [6.45, 7) is 2.61. The fourth-order valence-electron chi connectivity index (χ4n) is 5.65. The quantitative estimate of drug-likeness (QED) is 0.336. The van der Waals surface area contributed by atoms with E-state index in [2.05, 4.69) is 39.9 Å².